The van der Waals surface area contributed by atoms with Gasteiger partial charge in [0.15, 0.2) is 0 Å². The van der Waals surface area contributed by atoms with E-state index < -0.39 is 0 Å². The summed E-state index contributed by atoms with van der Waals surface area (Å²) in [4.78, 5) is 0. The van der Waals surface area contributed by atoms with E-state index in [2.05, 4.69) is 16.9 Å². The highest BCUT2D eigenvalue weighted by Gasteiger charge is 1.98. The molecule has 0 amide bonds. The second kappa shape index (κ2) is 10.6. The van der Waals surface area contributed by atoms with Crippen LogP contribution in [0.1, 0.15) is 5.69 Å². The predicted octanol–water partition coefficient (Wildman–Crippen LogP) is 0.575. The van der Waals surface area contributed by atoms with Crippen LogP contribution in [0.5, 0.6) is 0 Å². The van der Waals surface area contributed by atoms with E-state index in [1.54, 1.807) is 19.5 Å². The highest BCUT2D eigenvalue weighted by atomic mass is 16.6. The summed E-state index contributed by atoms with van der Waals surface area (Å²) in [5.74, 6) is 0. The number of rotatable bonds is 12. The van der Waals surface area contributed by atoms with Gasteiger partial charge in [-0.15, -0.1) is 5.10 Å². The lowest BCUT2D eigenvalue weighted by molar-refractivity contribution is 0.000458. The molecule has 7 nitrogen and oxygen atoms in total. The van der Waals surface area contributed by atoms with Crippen LogP contribution in [0.25, 0.3) is 6.20 Å². The van der Waals surface area contributed by atoms with Gasteiger partial charge in [0.2, 0.25) is 0 Å². The summed E-state index contributed by atoms with van der Waals surface area (Å²) in [7, 11) is 1.64. The molecule has 0 saturated heterocycles. The van der Waals surface area contributed by atoms with Gasteiger partial charge in [-0.05, 0) is 0 Å². The van der Waals surface area contributed by atoms with Crippen LogP contribution in [-0.2, 0) is 25.6 Å². The minimum Gasteiger partial charge on any atom is -0.382 e. The Balaban J connectivity index is 1.87. The third-order valence-corrected chi connectivity index (χ3v) is 2.17. The van der Waals surface area contributed by atoms with Crippen LogP contribution in [0.2, 0.25) is 0 Å². The molecule has 0 bridgehead atoms. The molecular formula is C12H21N3O4. The minimum absolute atomic E-state index is 0.418. The molecule has 1 heterocycles. The number of nitrogens with zero attached hydrogens (tertiary/aromatic N) is 3. The Labute approximate surface area is 113 Å². The van der Waals surface area contributed by atoms with Gasteiger partial charge in [0.25, 0.3) is 0 Å². The number of hydrogen-bond acceptors (Lipinski definition) is 6. The lowest BCUT2D eigenvalue weighted by Gasteiger charge is -2.05. The second-order valence-corrected chi connectivity index (χ2v) is 3.64. The molecule has 0 aliphatic heterocycles. The van der Waals surface area contributed by atoms with Crippen molar-refractivity contribution >= 4 is 6.20 Å². The molecule has 0 unspecified atom stereocenters. The van der Waals surface area contributed by atoms with Crippen LogP contribution in [0.3, 0.4) is 0 Å². The van der Waals surface area contributed by atoms with E-state index in [-0.39, 0.29) is 0 Å². The zero-order chi connectivity index (χ0) is 13.8. The maximum absolute atomic E-state index is 5.39. The summed E-state index contributed by atoms with van der Waals surface area (Å²) in [6.07, 6.45) is 3.33. The first-order chi connectivity index (χ1) is 9.36. The molecule has 108 valence electrons. The van der Waals surface area contributed by atoms with Crippen molar-refractivity contribution in [3.63, 3.8) is 0 Å². The number of hydrogen-bond donors (Lipinski definition) is 0. The lowest BCUT2D eigenvalue weighted by Crippen LogP contribution is -2.11. The van der Waals surface area contributed by atoms with E-state index in [1.807, 2.05) is 0 Å². The zero-order valence-corrected chi connectivity index (χ0v) is 11.3. The van der Waals surface area contributed by atoms with Crippen molar-refractivity contribution in [3.05, 3.63) is 18.5 Å². The molecule has 1 rings (SSSR count). The zero-order valence-electron chi connectivity index (χ0n) is 11.3. The standard InChI is InChI=1S/C12H21N3O4/c1-3-15-10-12(13-14-15)11-19-9-8-18-7-6-17-5-4-16-2/h3,10H,1,4-9,11H2,2H3. The van der Waals surface area contributed by atoms with Crippen molar-refractivity contribution in [2.75, 3.05) is 46.8 Å². The maximum atomic E-state index is 5.39. The Bertz CT molecular complexity index is 343. The molecule has 0 fully saturated rings. The average molecular weight is 271 g/mol. The first-order valence-electron chi connectivity index (χ1n) is 6.12. The SMILES string of the molecule is C=Cn1cc(COCCOCCOCCOC)nn1. The minimum atomic E-state index is 0.418. The second-order valence-electron chi connectivity index (χ2n) is 3.64. The van der Waals surface area contributed by atoms with Crippen molar-refractivity contribution in [3.8, 4) is 0 Å². The smallest absolute Gasteiger partial charge is 0.109 e. The molecule has 1 aromatic rings. The van der Waals surface area contributed by atoms with Gasteiger partial charge in [0.1, 0.15) is 5.69 Å². The highest BCUT2D eigenvalue weighted by Crippen LogP contribution is 1.95. The van der Waals surface area contributed by atoms with Gasteiger partial charge < -0.3 is 18.9 Å². The third kappa shape index (κ3) is 7.68. The third-order valence-electron chi connectivity index (χ3n) is 2.17. The van der Waals surface area contributed by atoms with Crippen molar-refractivity contribution in [2.45, 2.75) is 6.61 Å². The molecule has 0 aliphatic carbocycles. The summed E-state index contributed by atoms with van der Waals surface area (Å²) >= 11 is 0. The fraction of sp³-hybridized carbons (Fsp3) is 0.667. The average Bonchev–Trinajstić information content (AvgIpc) is 2.89. The summed E-state index contributed by atoms with van der Waals surface area (Å²) < 4.78 is 22.3. The molecule has 7 heteroatoms. The maximum Gasteiger partial charge on any atom is 0.109 e. The molecule has 0 aliphatic rings. The van der Waals surface area contributed by atoms with Gasteiger partial charge in [0, 0.05) is 13.3 Å². The van der Waals surface area contributed by atoms with E-state index in [0.29, 0.717) is 46.2 Å². The Morgan fingerprint density at radius 3 is 2.32 bits per heavy atom. The fourth-order valence-corrected chi connectivity index (χ4v) is 1.23. The van der Waals surface area contributed by atoms with E-state index in [9.17, 15) is 0 Å². The number of ether oxygens (including phenoxy) is 4. The summed E-state index contributed by atoms with van der Waals surface area (Å²) in [6.45, 7) is 7.36. The quantitative estimate of drug-likeness (QED) is 0.518. The highest BCUT2D eigenvalue weighted by molar-refractivity contribution is 5.13. The predicted molar refractivity (Wildman–Crippen MR) is 69.6 cm³/mol. The van der Waals surface area contributed by atoms with E-state index in [0.717, 1.165) is 5.69 Å². The molecule has 0 spiro atoms. The van der Waals surface area contributed by atoms with Gasteiger partial charge in [-0.2, -0.15) is 0 Å². The van der Waals surface area contributed by atoms with Gasteiger partial charge in [0.05, 0.1) is 52.4 Å². The van der Waals surface area contributed by atoms with Crippen LogP contribution in [0.4, 0.5) is 0 Å². The molecule has 0 N–H and O–H groups in total. The Morgan fingerprint density at radius 2 is 1.74 bits per heavy atom. The molecule has 0 saturated carbocycles. The Kier molecular flexibility index (Phi) is 8.82. The Morgan fingerprint density at radius 1 is 1.11 bits per heavy atom. The van der Waals surface area contributed by atoms with Crippen molar-refractivity contribution in [1.29, 1.82) is 0 Å². The van der Waals surface area contributed by atoms with Gasteiger partial charge in [-0.3, -0.25) is 0 Å². The fourth-order valence-electron chi connectivity index (χ4n) is 1.23. The monoisotopic (exact) mass is 271 g/mol. The number of aromatic nitrogens is 3. The van der Waals surface area contributed by atoms with Crippen molar-refractivity contribution in [1.82, 2.24) is 15.0 Å². The van der Waals surface area contributed by atoms with Gasteiger partial charge >= 0.3 is 0 Å². The van der Waals surface area contributed by atoms with Crippen LogP contribution in [0.15, 0.2) is 12.8 Å². The first-order valence-corrected chi connectivity index (χ1v) is 6.12. The molecule has 19 heavy (non-hydrogen) atoms. The van der Waals surface area contributed by atoms with Crippen molar-refractivity contribution in [2.24, 2.45) is 0 Å². The molecule has 0 aromatic carbocycles. The van der Waals surface area contributed by atoms with Crippen molar-refractivity contribution < 1.29 is 18.9 Å². The lowest BCUT2D eigenvalue weighted by atomic mass is 10.5. The van der Waals surface area contributed by atoms with Crippen LogP contribution in [-0.4, -0.2) is 61.7 Å². The van der Waals surface area contributed by atoms with Crippen LogP contribution >= 0.6 is 0 Å². The molecule has 1 aromatic heterocycles. The Hall–Kier alpha value is -1.28. The normalized spacial score (nSPS) is 10.8. The molecular weight excluding hydrogens is 250 g/mol. The molecule has 0 radical (unpaired) electrons. The summed E-state index contributed by atoms with van der Waals surface area (Å²) in [5, 5.41) is 7.72. The van der Waals surface area contributed by atoms with Crippen LogP contribution in [0, 0.1) is 0 Å². The largest absolute Gasteiger partial charge is 0.382 e. The van der Waals surface area contributed by atoms with E-state index in [1.165, 1.54) is 4.68 Å². The summed E-state index contributed by atoms with van der Waals surface area (Å²) in [5.41, 5.74) is 0.766. The topological polar surface area (TPSA) is 67.6 Å². The van der Waals surface area contributed by atoms with Crippen LogP contribution < -0.4 is 0 Å². The summed E-state index contributed by atoms with van der Waals surface area (Å²) in [6, 6.07) is 0. The molecule has 0 atom stereocenters. The van der Waals surface area contributed by atoms with Gasteiger partial charge in [-0.1, -0.05) is 11.8 Å². The van der Waals surface area contributed by atoms with E-state index >= 15 is 0 Å². The van der Waals surface area contributed by atoms with E-state index in [4.69, 9.17) is 18.9 Å². The van der Waals surface area contributed by atoms with Gasteiger partial charge in [-0.25, -0.2) is 4.68 Å². The number of methoxy groups -OCH3 is 1. The first kappa shape index (κ1) is 15.8.